The molecule has 1 rings (SSSR count). The van der Waals surface area contributed by atoms with Crippen molar-refractivity contribution >= 4 is 0 Å². The first kappa shape index (κ1) is 13.9. The molecular formula is C12H25NO3. The fraction of sp³-hybridized carbons (Fsp3) is 1.00. The number of piperidine rings is 1. The zero-order valence-corrected chi connectivity index (χ0v) is 10.8. The Morgan fingerprint density at radius 2 is 2.06 bits per heavy atom. The molecule has 0 amide bonds. The Balaban J connectivity index is 2.26. The first-order chi connectivity index (χ1) is 7.80. The molecule has 0 spiro atoms. The van der Waals surface area contributed by atoms with E-state index in [1.54, 1.807) is 14.2 Å². The molecule has 96 valence electrons. The van der Waals surface area contributed by atoms with Crippen molar-refractivity contribution in [3.63, 3.8) is 0 Å². The second-order valence-corrected chi connectivity index (χ2v) is 4.30. The van der Waals surface area contributed by atoms with E-state index in [-0.39, 0.29) is 6.29 Å². The molecule has 0 aromatic carbocycles. The van der Waals surface area contributed by atoms with Gasteiger partial charge >= 0.3 is 0 Å². The minimum absolute atomic E-state index is 0.120. The van der Waals surface area contributed by atoms with Crippen molar-refractivity contribution in [2.45, 2.75) is 38.6 Å². The predicted molar refractivity (Wildman–Crippen MR) is 63.5 cm³/mol. The van der Waals surface area contributed by atoms with E-state index >= 15 is 0 Å². The highest BCUT2D eigenvalue weighted by atomic mass is 16.7. The number of hydrogen-bond donors (Lipinski definition) is 0. The largest absolute Gasteiger partial charge is 0.377 e. The molecule has 0 aromatic heterocycles. The number of methoxy groups -OCH3 is 2. The number of hydrogen-bond acceptors (Lipinski definition) is 4. The van der Waals surface area contributed by atoms with Crippen LogP contribution in [0.3, 0.4) is 0 Å². The van der Waals surface area contributed by atoms with Gasteiger partial charge in [-0.05, 0) is 25.8 Å². The Hall–Kier alpha value is -0.160. The van der Waals surface area contributed by atoms with Crippen molar-refractivity contribution in [3.8, 4) is 0 Å². The summed E-state index contributed by atoms with van der Waals surface area (Å²) in [6.45, 7) is 5.97. The van der Waals surface area contributed by atoms with E-state index < -0.39 is 0 Å². The highest BCUT2D eigenvalue weighted by Gasteiger charge is 2.22. The van der Waals surface area contributed by atoms with Gasteiger partial charge in [-0.15, -0.1) is 0 Å². The maximum Gasteiger partial charge on any atom is 0.169 e. The average molecular weight is 231 g/mol. The first-order valence-corrected chi connectivity index (χ1v) is 6.19. The third-order valence-corrected chi connectivity index (χ3v) is 2.95. The van der Waals surface area contributed by atoms with Crippen molar-refractivity contribution in [1.82, 2.24) is 4.90 Å². The fourth-order valence-corrected chi connectivity index (χ4v) is 2.06. The van der Waals surface area contributed by atoms with Crippen LogP contribution in [-0.2, 0) is 14.2 Å². The van der Waals surface area contributed by atoms with Gasteiger partial charge in [0.05, 0.1) is 6.10 Å². The third kappa shape index (κ3) is 4.78. The van der Waals surface area contributed by atoms with Crippen molar-refractivity contribution < 1.29 is 14.2 Å². The molecule has 1 fully saturated rings. The Kier molecular flexibility index (Phi) is 6.96. The van der Waals surface area contributed by atoms with Gasteiger partial charge in [0.2, 0.25) is 0 Å². The molecule has 0 saturated carbocycles. The summed E-state index contributed by atoms with van der Waals surface area (Å²) < 4.78 is 16.2. The minimum Gasteiger partial charge on any atom is -0.377 e. The van der Waals surface area contributed by atoms with Crippen LogP contribution in [0.5, 0.6) is 0 Å². The molecule has 1 atom stereocenters. The smallest absolute Gasteiger partial charge is 0.169 e. The molecule has 1 aliphatic rings. The molecule has 1 aliphatic heterocycles. The van der Waals surface area contributed by atoms with Crippen molar-refractivity contribution in [2.24, 2.45) is 0 Å². The number of ether oxygens (including phenoxy) is 3. The highest BCUT2D eigenvalue weighted by Crippen LogP contribution is 2.14. The normalized spacial score (nSPS) is 22.9. The van der Waals surface area contributed by atoms with Crippen LogP contribution in [-0.4, -0.2) is 57.8 Å². The van der Waals surface area contributed by atoms with Gasteiger partial charge in [-0.25, -0.2) is 0 Å². The van der Waals surface area contributed by atoms with E-state index in [9.17, 15) is 0 Å². The molecular weight excluding hydrogens is 206 g/mol. The van der Waals surface area contributed by atoms with Crippen LogP contribution in [0.2, 0.25) is 0 Å². The SMILES string of the molecule is CCCOC1CCCN(CC(OC)OC)C1. The van der Waals surface area contributed by atoms with Crippen LogP contribution in [0.4, 0.5) is 0 Å². The summed E-state index contributed by atoms with van der Waals surface area (Å²) in [5.74, 6) is 0. The monoisotopic (exact) mass is 231 g/mol. The Labute approximate surface area is 98.8 Å². The van der Waals surface area contributed by atoms with E-state index in [1.807, 2.05) is 0 Å². The van der Waals surface area contributed by atoms with Crippen molar-refractivity contribution in [2.75, 3.05) is 40.5 Å². The van der Waals surface area contributed by atoms with Gasteiger partial charge in [-0.1, -0.05) is 6.92 Å². The van der Waals surface area contributed by atoms with Gasteiger partial charge in [0.15, 0.2) is 6.29 Å². The molecule has 0 aliphatic carbocycles. The average Bonchev–Trinajstić information content (AvgIpc) is 2.34. The van der Waals surface area contributed by atoms with E-state index in [4.69, 9.17) is 14.2 Å². The van der Waals surface area contributed by atoms with Gasteiger partial charge < -0.3 is 14.2 Å². The molecule has 0 aromatic rings. The summed E-state index contributed by atoms with van der Waals surface area (Å²) in [4.78, 5) is 2.36. The highest BCUT2D eigenvalue weighted by molar-refractivity contribution is 4.74. The third-order valence-electron chi connectivity index (χ3n) is 2.95. The fourth-order valence-electron chi connectivity index (χ4n) is 2.06. The van der Waals surface area contributed by atoms with Crippen LogP contribution < -0.4 is 0 Å². The van der Waals surface area contributed by atoms with Crippen molar-refractivity contribution in [3.05, 3.63) is 0 Å². The second-order valence-electron chi connectivity index (χ2n) is 4.30. The maximum absolute atomic E-state index is 5.79. The molecule has 0 radical (unpaired) electrons. The van der Waals surface area contributed by atoms with Gasteiger partial charge in [0.1, 0.15) is 0 Å². The Bertz CT molecular complexity index is 174. The summed E-state index contributed by atoms with van der Waals surface area (Å²) in [5, 5.41) is 0. The standard InChI is InChI=1S/C12H25NO3/c1-4-8-16-11-6-5-7-13(9-11)10-12(14-2)15-3/h11-12H,4-10H2,1-3H3. The summed E-state index contributed by atoms with van der Waals surface area (Å²) in [6, 6.07) is 0. The lowest BCUT2D eigenvalue weighted by atomic mass is 10.1. The number of rotatable bonds is 7. The molecule has 1 unspecified atom stereocenters. The lowest BCUT2D eigenvalue weighted by Crippen LogP contribution is -2.44. The summed E-state index contributed by atoms with van der Waals surface area (Å²) in [5.41, 5.74) is 0. The van der Waals surface area contributed by atoms with Gasteiger partial charge in [-0.3, -0.25) is 4.90 Å². The van der Waals surface area contributed by atoms with E-state index in [1.165, 1.54) is 12.8 Å². The van der Waals surface area contributed by atoms with E-state index in [2.05, 4.69) is 11.8 Å². The molecule has 16 heavy (non-hydrogen) atoms. The lowest BCUT2D eigenvalue weighted by Gasteiger charge is -2.34. The van der Waals surface area contributed by atoms with Crippen molar-refractivity contribution in [1.29, 1.82) is 0 Å². The summed E-state index contributed by atoms with van der Waals surface area (Å²) in [7, 11) is 3.37. The molecule has 4 heteroatoms. The minimum atomic E-state index is -0.120. The summed E-state index contributed by atoms with van der Waals surface area (Å²) >= 11 is 0. The molecule has 4 nitrogen and oxygen atoms in total. The van der Waals surface area contributed by atoms with Crippen LogP contribution >= 0.6 is 0 Å². The lowest BCUT2D eigenvalue weighted by molar-refractivity contribution is -0.124. The van der Waals surface area contributed by atoms with Crippen LogP contribution in [0, 0.1) is 0 Å². The van der Waals surface area contributed by atoms with Gasteiger partial charge in [0.25, 0.3) is 0 Å². The topological polar surface area (TPSA) is 30.9 Å². The summed E-state index contributed by atoms with van der Waals surface area (Å²) in [6.07, 6.45) is 3.75. The van der Waals surface area contributed by atoms with Crippen LogP contribution in [0.15, 0.2) is 0 Å². The zero-order chi connectivity index (χ0) is 11.8. The number of likely N-dealkylation sites (tertiary alicyclic amines) is 1. The quantitative estimate of drug-likeness (QED) is 0.621. The molecule has 1 heterocycles. The molecule has 0 N–H and O–H groups in total. The van der Waals surface area contributed by atoms with E-state index in [0.717, 1.165) is 32.7 Å². The Morgan fingerprint density at radius 1 is 1.31 bits per heavy atom. The Morgan fingerprint density at radius 3 is 2.69 bits per heavy atom. The van der Waals surface area contributed by atoms with Crippen LogP contribution in [0.25, 0.3) is 0 Å². The first-order valence-electron chi connectivity index (χ1n) is 6.19. The molecule has 0 bridgehead atoms. The predicted octanol–water partition coefficient (Wildman–Crippen LogP) is 1.50. The number of nitrogens with zero attached hydrogens (tertiary/aromatic N) is 1. The van der Waals surface area contributed by atoms with Crippen LogP contribution in [0.1, 0.15) is 26.2 Å². The van der Waals surface area contributed by atoms with Gasteiger partial charge in [0, 0.05) is 33.9 Å². The zero-order valence-electron chi connectivity index (χ0n) is 10.8. The van der Waals surface area contributed by atoms with E-state index in [0.29, 0.717) is 6.10 Å². The second kappa shape index (κ2) is 8.01. The maximum atomic E-state index is 5.79. The molecule has 1 saturated heterocycles. The van der Waals surface area contributed by atoms with Gasteiger partial charge in [-0.2, -0.15) is 0 Å².